The molecule has 1 aromatic carbocycles. The van der Waals surface area contributed by atoms with Crippen LogP contribution in [0, 0.1) is 6.92 Å². The molecule has 0 saturated carbocycles. The third kappa shape index (κ3) is 3.72. The number of carbonyl (C=O) groups is 2. The number of amides is 2. The van der Waals surface area contributed by atoms with Crippen LogP contribution in [0.15, 0.2) is 30.3 Å². The number of para-hydroxylation sites is 1. The zero-order chi connectivity index (χ0) is 16.1. The molecule has 0 aliphatic heterocycles. The van der Waals surface area contributed by atoms with E-state index in [0.717, 1.165) is 24.1 Å². The molecule has 2 amide bonds. The summed E-state index contributed by atoms with van der Waals surface area (Å²) in [4.78, 5) is 23.9. The Balaban J connectivity index is 2.03. The Bertz CT molecular complexity index is 691. The number of aryl methyl sites for hydroxylation is 3. The Morgan fingerprint density at radius 3 is 2.55 bits per heavy atom. The molecule has 1 heterocycles. The predicted molar refractivity (Wildman–Crippen MR) is 85.6 cm³/mol. The van der Waals surface area contributed by atoms with Crippen LogP contribution in [-0.4, -0.2) is 21.6 Å². The molecule has 0 bridgehead atoms. The molecule has 0 aliphatic rings. The molecule has 6 nitrogen and oxygen atoms in total. The molecule has 0 unspecified atom stereocenters. The molecule has 0 saturated heterocycles. The molecule has 0 spiro atoms. The molecule has 116 valence electrons. The number of hydrogen-bond donors (Lipinski definition) is 2. The summed E-state index contributed by atoms with van der Waals surface area (Å²) in [6.45, 7) is 3.92. The van der Waals surface area contributed by atoms with Gasteiger partial charge in [0.05, 0.1) is 5.69 Å². The standard InChI is InChI=1S/C16H20N4O2/c1-4-7-12-10-14(20(3)19-12)18-16(22)15(21)17-13-9-6-5-8-11(13)2/h5-6,8-10H,4,7H2,1-3H3,(H,17,21)(H,18,22). The van der Waals surface area contributed by atoms with Crippen molar-refractivity contribution < 1.29 is 9.59 Å². The highest BCUT2D eigenvalue weighted by Gasteiger charge is 2.17. The topological polar surface area (TPSA) is 76.0 Å². The lowest BCUT2D eigenvalue weighted by atomic mass is 10.2. The van der Waals surface area contributed by atoms with Gasteiger partial charge in [-0.05, 0) is 25.0 Å². The van der Waals surface area contributed by atoms with Gasteiger partial charge in [-0.3, -0.25) is 14.3 Å². The SMILES string of the molecule is CCCc1cc(NC(=O)C(=O)Nc2ccccc2C)n(C)n1. The molecule has 22 heavy (non-hydrogen) atoms. The van der Waals surface area contributed by atoms with Crippen molar-refractivity contribution in [1.29, 1.82) is 0 Å². The maximum absolute atomic E-state index is 12.0. The van der Waals surface area contributed by atoms with E-state index in [2.05, 4.69) is 22.7 Å². The second-order valence-corrected chi connectivity index (χ2v) is 5.12. The smallest absolute Gasteiger partial charge is 0.315 e. The molecule has 0 radical (unpaired) electrons. The van der Waals surface area contributed by atoms with Crippen molar-refractivity contribution in [3.8, 4) is 0 Å². The van der Waals surface area contributed by atoms with E-state index in [0.29, 0.717) is 11.5 Å². The maximum atomic E-state index is 12.0. The average Bonchev–Trinajstić information content (AvgIpc) is 2.81. The van der Waals surface area contributed by atoms with E-state index in [1.165, 1.54) is 0 Å². The zero-order valence-electron chi connectivity index (χ0n) is 13.0. The molecular weight excluding hydrogens is 280 g/mol. The van der Waals surface area contributed by atoms with Crippen molar-refractivity contribution >= 4 is 23.3 Å². The number of aromatic nitrogens is 2. The fraction of sp³-hybridized carbons (Fsp3) is 0.312. The van der Waals surface area contributed by atoms with Gasteiger partial charge in [-0.25, -0.2) is 0 Å². The third-order valence-corrected chi connectivity index (χ3v) is 3.28. The van der Waals surface area contributed by atoms with Gasteiger partial charge >= 0.3 is 11.8 Å². The van der Waals surface area contributed by atoms with Crippen molar-refractivity contribution in [2.75, 3.05) is 10.6 Å². The number of nitrogens with zero attached hydrogens (tertiary/aromatic N) is 2. The highest BCUT2D eigenvalue weighted by Crippen LogP contribution is 2.14. The van der Waals surface area contributed by atoms with Gasteiger partial charge in [0.25, 0.3) is 0 Å². The minimum absolute atomic E-state index is 0.508. The first-order valence-electron chi connectivity index (χ1n) is 7.22. The molecule has 0 aliphatic carbocycles. The lowest BCUT2D eigenvalue weighted by Gasteiger charge is -2.08. The molecule has 6 heteroatoms. The quantitative estimate of drug-likeness (QED) is 0.850. The highest BCUT2D eigenvalue weighted by molar-refractivity contribution is 6.43. The number of anilines is 2. The van der Waals surface area contributed by atoms with E-state index in [-0.39, 0.29) is 0 Å². The Morgan fingerprint density at radius 1 is 1.18 bits per heavy atom. The number of nitrogens with one attached hydrogen (secondary N) is 2. The van der Waals surface area contributed by atoms with Crippen LogP contribution in [0.25, 0.3) is 0 Å². The summed E-state index contributed by atoms with van der Waals surface area (Å²) in [7, 11) is 1.73. The Morgan fingerprint density at radius 2 is 1.86 bits per heavy atom. The van der Waals surface area contributed by atoms with Gasteiger partial charge < -0.3 is 10.6 Å². The normalized spacial score (nSPS) is 10.3. The molecule has 2 aromatic rings. The Kier molecular flexibility index (Phi) is 4.93. The van der Waals surface area contributed by atoms with Crippen LogP contribution in [0.2, 0.25) is 0 Å². The van der Waals surface area contributed by atoms with Gasteiger partial charge in [0.15, 0.2) is 0 Å². The van der Waals surface area contributed by atoms with Crippen LogP contribution in [0.4, 0.5) is 11.5 Å². The van der Waals surface area contributed by atoms with E-state index < -0.39 is 11.8 Å². The number of hydrogen-bond acceptors (Lipinski definition) is 3. The van der Waals surface area contributed by atoms with E-state index in [4.69, 9.17) is 0 Å². The van der Waals surface area contributed by atoms with Gasteiger partial charge in [-0.2, -0.15) is 5.10 Å². The van der Waals surface area contributed by atoms with Gasteiger partial charge in [0.2, 0.25) is 0 Å². The van der Waals surface area contributed by atoms with Crippen molar-refractivity contribution in [3.63, 3.8) is 0 Å². The van der Waals surface area contributed by atoms with E-state index in [1.54, 1.807) is 29.9 Å². The summed E-state index contributed by atoms with van der Waals surface area (Å²) in [5.74, 6) is -0.907. The molecule has 1 aromatic heterocycles. The molecule has 0 atom stereocenters. The zero-order valence-corrected chi connectivity index (χ0v) is 13.0. The number of rotatable bonds is 4. The second-order valence-electron chi connectivity index (χ2n) is 5.12. The third-order valence-electron chi connectivity index (χ3n) is 3.28. The fourth-order valence-electron chi connectivity index (χ4n) is 2.09. The summed E-state index contributed by atoms with van der Waals surface area (Å²) in [5.41, 5.74) is 2.41. The van der Waals surface area contributed by atoms with Crippen LogP contribution < -0.4 is 10.6 Å². The number of benzene rings is 1. The first-order chi connectivity index (χ1) is 10.5. The molecule has 0 fully saturated rings. The molecular formula is C16H20N4O2. The largest absolute Gasteiger partial charge is 0.318 e. The van der Waals surface area contributed by atoms with Gasteiger partial charge in [-0.1, -0.05) is 31.5 Å². The van der Waals surface area contributed by atoms with Crippen molar-refractivity contribution in [2.45, 2.75) is 26.7 Å². The molecule has 2 rings (SSSR count). The average molecular weight is 300 g/mol. The van der Waals surface area contributed by atoms with Crippen molar-refractivity contribution in [2.24, 2.45) is 7.05 Å². The lowest BCUT2D eigenvalue weighted by Crippen LogP contribution is -2.30. The van der Waals surface area contributed by atoms with Gasteiger partial charge in [0.1, 0.15) is 5.82 Å². The van der Waals surface area contributed by atoms with Crippen molar-refractivity contribution in [1.82, 2.24) is 9.78 Å². The Hall–Kier alpha value is -2.63. The van der Waals surface area contributed by atoms with Crippen LogP contribution >= 0.6 is 0 Å². The second kappa shape index (κ2) is 6.89. The van der Waals surface area contributed by atoms with E-state index >= 15 is 0 Å². The first kappa shape index (κ1) is 15.8. The van der Waals surface area contributed by atoms with E-state index in [9.17, 15) is 9.59 Å². The predicted octanol–water partition coefficient (Wildman–Crippen LogP) is 2.26. The summed E-state index contributed by atoms with van der Waals surface area (Å²) in [6.07, 6.45) is 1.80. The van der Waals surface area contributed by atoms with E-state index in [1.807, 2.05) is 19.1 Å². The summed E-state index contributed by atoms with van der Waals surface area (Å²) in [6, 6.07) is 9.08. The van der Waals surface area contributed by atoms with Crippen molar-refractivity contribution in [3.05, 3.63) is 41.6 Å². The maximum Gasteiger partial charge on any atom is 0.315 e. The summed E-state index contributed by atoms with van der Waals surface area (Å²) < 4.78 is 1.56. The fourth-order valence-corrected chi connectivity index (χ4v) is 2.09. The number of carbonyl (C=O) groups excluding carboxylic acids is 2. The van der Waals surface area contributed by atoms with Crippen LogP contribution in [0.5, 0.6) is 0 Å². The minimum Gasteiger partial charge on any atom is -0.318 e. The van der Waals surface area contributed by atoms with Gasteiger partial charge in [0, 0.05) is 18.8 Å². The monoisotopic (exact) mass is 300 g/mol. The van der Waals surface area contributed by atoms with Gasteiger partial charge in [-0.15, -0.1) is 0 Å². The van der Waals surface area contributed by atoms with Crippen LogP contribution in [0.3, 0.4) is 0 Å². The van der Waals surface area contributed by atoms with Crippen LogP contribution in [0.1, 0.15) is 24.6 Å². The summed E-state index contributed by atoms with van der Waals surface area (Å²) >= 11 is 0. The summed E-state index contributed by atoms with van der Waals surface area (Å²) in [5, 5.41) is 9.46. The first-order valence-corrected chi connectivity index (χ1v) is 7.22. The Labute approximate surface area is 129 Å². The highest BCUT2D eigenvalue weighted by atomic mass is 16.2. The minimum atomic E-state index is -0.714. The van der Waals surface area contributed by atoms with Crippen LogP contribution in [-0.2, 0) is 23.1 Å². The lowest BCUT2D eigenvalue weighted by molar-refractivity contribution is -0.133. The molecule has 2 N–H and O–H groups in total.